The van der Waals surface area contributed by atoms with Gasteiger partial charge in [0.2, 0.25) is 0 Å². The third kappa shape index (κ3) is 1.55. The minimum Gasteiger partial charge on any atom is -0.398 e. The molecule has 1 aliphatic rings. The molecule has 1 saturated carbocycles. The molecule has 0 aromatic heterocycles. The number of nitrogens with two attached hydrogens (primary N) is 1. The molecular formula is C12H17N. The van der Waals surface area contributed by atoms with Crippen LogP contribution in [0.4, 0.5) is 5.69 Å². The van der Waals surface area contributed by atoms with Crippen LogP contribution in [0, 0.1) is 11.8 Å². The van der Waals surface area contributed by atoms with E-state index in [4.69, 9.17) is 5.73 Å². The zero-order valence-corrected chi connectivity index (χ0v) is 8.33. The second-order valence-electron chi connectivity index (χ2n) is 4.38. The molecule has 0 aliphatic heterocycles. The highest BCUT2D eigenvalue weighted by Crippen LogP contribution is 2.52. The van der Waals surface area contributed by atoms with Gasteiger partial charge in [0.25, 0.3) is 0 Å². The van der Waals surface area contributed by atoms with Gasteiger partial charge in [-0.3, -0.25) is 0 Å². The van der Waals surface area contributed by atoms with E-state index in [1.807, 2.05) is 12.1 Å². The number of para-hydroxylation sites is 1. The average molecular weight is 175 g/mol. The van der Waals surface area contributed by atoms with Crippen molar-refractivity contribution < 1.29 is 0 Å². The first-order valence-corrected chi connectivity index (χ1v) is 5.04. The summed E-state index contributed by atoms with van der Waals surface area (Å²) >= 11 is 0. The van der Waals surface area contributed by atoms with Crippen molar-refractivity contribution in [3.8, 4) is 0 Å². The van der Waals surface area contributed by atoms with Gasteiger partial charge < -0.3 is 5.73 Å². The van der Waals surface area contributed by atoms with Gasteiger partial charge in [-0.05, 0) is 35.8 Å². The first-order chi connectivity index (χ1) is 6.20. The van der Waals surface area contributed by atoms with E-state index in [0.29, 0.717) is 0 Å². The first-order valence-electron chi connectivity index (χ1n) is 5.04. The summed E-state index contributed by atoms with van der Waals surface area (Å²) in [6, 6.07) is 8.26. The predicted molar refractivity (Wildman–Crippen MR) is 56.5 cm³/mol. The zero-order chi connectivity index (χ0) is 9.42. The Morgan fingerprint density at radius 1 is 1.31 bits per heavy atom. The molecule has 1 aliphatic carbocycles. The molecule has 0 bridgehead atoms. The van der Waals surface area contributed by atoms with Crippen LogP contribution >= 0.6 is 0 Å². The fourth-order valence-corrected chi connectivity index (χ4v) is 2.16. The number of rotatable bonds is 2. The van der Waals surface area contributed by atoms with E-state index in [0.717, 1.165) is 23.4 Å². The molecule has 0 heterocycles. The molecule has 0 unspecified atom stereocenters. The van der Waals surface area contributed by atoms with Gasteiger partial charge in [0.05, 0.1) is 0 Å². The summed E-state index contributed by atoms with van der Waals surface area (Å²) in [6.07, 6.45) is 1.33. The zero-order valence-electron chi connectivity index (χ0n) is 8.33. The average Bonchev–Trinajstić information content (AvgIpc) is 2.84. The number of hydrogen-bond acceptors (Lipinski definition) is 1. The third-order valence-corrected chi connectivity index (χ3v) is 3.09. The molecule has 70 valence electrons. The lowest BCUT2D eigenvalue weighted by atomic mass is 10.0. The molecule has 13 heavy (non-hydrogen) atoms. The normalized spacial score (nSPS) is 26.4. The van der Waals surface area contributed by atoms with E-state index in [2.05, 4.69) is 26.0 Å². The van der Waals surface area contributed by atoms with Crippen molar-refractivity contribution in [2.75, 3.05) is 5.73 Å². The van der Waals surface area contributed by atoms with Gasteiger partial charge in [-0.2, -0.15) is 0 Å². The van der Waals surface area contributed by atoms with Gasteiger partial charge in [-0.15, -0.1) is 0 Å². The quantitative estimate of drug-likeness (QED) is 0.687. The molecule has 2 atom stereocenters. The van der Waals surface area contributed by atoms with Crippen LogP contribution in [0.25, 0.3) is 0 Å². The SMILES string of the molecule is CC(C)[C@H]1C[C@H]1c1ccccc1N. The standard InChI is InChI=1S/C12H17N/c1-8(2)10-7-11(10)9-5-3-4-6-12(9)13/h3-6,8,10-11H,7,13H2,1-2H3/t10-,11+/m1/s1. The van der Waals surface area contributed by atoms with Crippen molar-refractivity contribution in [3.05, 3.63) is 29.8 Å². The number of anilines is 1. The van der Waals surface area contributed by atoms with Gasteiger partial charge >= 0.3 is 0 Å². The Balaban J connectivity index is 2.16. The molecule has 1 aromatic rings. The Morgan fingerprint density at radius 2 is 2.00 bits per heavy atom. The molecule has 1 aromatic carbocycles. The van der Waals surface area contributed by atoms with E-state index in [1.54, 1.807) is 0 Å². The van der Waals surface area contributed by atoms with Gasteiger partial charge in [-0.25, -0.2) is 0 Å². The van der Waals surface area contributed by atoms with Crippen molar-refractivity contribution in [1.82, 2.24) is 0 Å². The van der Waals surface area contributed by atoms with Crippen molar-refractivity contribution in [1.29, 1.82) is 0 Å². The van der Waals surface area contributed by atoms with Gasteiger partial charge in [-0.1, -0.05) is 32.0 Å². The van der Waals surface area contributed by atoms with Crippen LogP contribution in [-0.4, -0.2) is 0 Å². The van der Waals surface area contributed by atoms with E-state index >= 15 is 0 Å². The van der Waals surface area contributed by atoms with E-state index in [9.17, 15) is 0 Å². The van der Waals surface area contributed by atoms with Crippen molar-refractivity contribution in [2.45, 2.75) is 26.2 Å². The maximum absolute atomic E-state index is 5.92. The Kier molecular flexibility index (Phi) is 2.03. The summed E-state index contributed by atoms with van der Waals surface area (Å²) in [6.45, 7) is 4.59. The lowest BCUT2D eigenvalue weighted by Gasteiger charge is -2.06. The van der Waals surface area contributed by atoms with Crippen molar-refractivity contribution >= 4 is 5.69 Å². The van der Waals surface area contributed by atoms with Gasteiger partial charge in [0.15, 0.2) is 0 Å². The molecule has 0 saturated heterocycles. The highest BCUT2D eigenvalue weighted by molar-refractivity contribution is 5.50. The van der Waals surface area contributed by atoms with Crippen LogP contribution < -0.4 is 5.73 Å². The van der Waals surface area contributed by atoms with Crippen molar-refractivity contribution in [3.63, 3.8) is 0 Å². The molecule has 0 radical (unpaired) electrons. The molecular weight excluding hydrogens is 158 g/mol. The Hall–Kier alpha value is -0.980. The molecule has 1 heteroatoms. The van der Waals surface area contributed by atoms with Crippen LogP contribution in [0.3, 0.4) is 0 Å². The summed E-state index contributed by atoms with van der Waals surface area (Å²) < 4.78 is 0. The van der Waals surface area contributed by atoms with Gasteiger partial charge in [0.1, 0.15) is 0 Å². The van der Waals surface area contributed by atoms with Gasteiger partial charge in [0, 0.05) is 5.69 Å². The summed E-state index contributed by atoms with van der Waals surface area (Å²) in [4.78, 5) is 0. The fourth-order valence-electron chi connectivity index (χ4n) is 2.16. The predicted octanol–water partition coefficient (Wildman–Crippen LogP) is 3.03. The third-order valence-electron chi connectivity index (χ3n) is 3.09. The molecule has 0 amide bonds. The molecule has 1 nitrogen and oxygen atoms in total. The Bertz CT molecular complexity index is 304. The number of benzene rings is 1. The second kappa shape index (κ2) is 3.06. The maximum Gasteiger partial charge on any atom is 0.0349 e. The van der Waals surface area contributed by atoms with E-state index < -0.39 is 0 Å². The largest absolute Gasteiger partial charge is 0.398 e. The van der Waals surface area contributed by atoms with Crippen molar-refractivity contribution in [2.24, 2.45) is 11.8 Å². The minimum atomic E-state index is 0.737. The van der Waals surface area contributed by atoms with Crippen LogP contribution in [0.1, 0.15) is 31.7 Å². The minimum absolute atomic E-state index is 0.737. The fraction of sp³-hybridized carbons (Fsp3) is 0.500. The Morgan fingerprint density at radius 3 is 2.54 bits per heavy atom. The summed E-state index contributed by atoms with van der Waals surface area (Å²) in [7, 11) is 0. The maximum atomic E-state index is 5.92. The molecule has 2 N–H and O–H groups in total. The highest BCUT2D eigenvalue weighted by Gasteiger charge is 2.40. The monoisotopic (exact) mass is 175 g/mol. The molecule has 0 spiro atoms. The topological polar surface area (TPSA) is 26.0 Å². The summed E-state index contributed by atoms with van der Waals surface area (Å²) in [5.74, 6) is 2.40. The first kappa shape index (κ1) is 8.61. The number of nitrogen functional groups attached to an aromatic ring is 1. The second-order valence-corrected chi connectivity index (χ2v) is 4.38. The molecule has 2 rings (SSSR count). The van der Waals surface area contributed by atoms with Crippen LogP contribution in [-0.2, 0) is 0 Å². The van der Waals surface area contributed by atoms with Crippen LogP contribution in [0.15, 0.2) is 24.3 Å². The summed E-state index contributed by atoms with van der Waals surface area (Å²) in [5.41, 5.74) is 8.25. The van der Waals surface area contributed by atoms with E-state index in [1.165, 1.54) is 12.0 Å². The smallest absolute Gasteiger partial charge is 0.0349 e. The summed E-state index contributed by atoms with van der Waals surface area (Å²) in [5, 5.41) is 0. The van der Waals surface area contributed by atoms with E-state index in [-0.39, 0.29) is 0 Å². The number of hydrogen-bond donors (Lipinski definition) is 1. The molecule has 1 fully saturated rings. The highest BCUT2D eigenvalue weighted by atomic mass is 14.6. The Labute approximate surface area is 80.0 Å². The lowest BCUT2D eigenvalue weighted by molar-refractivity contribution is 0.549. The lowest BCUT2D eigenvalue weighted by Crippen LogP contribution is -1.96. The van der Waals surface area contributed by atoms with Crippen LogP contribution in [0.2, 0.25) is 0 Å². The van der Waals surface area contributed by atoms with Crippen LogP contribution in [0.5, 0.6) is 0 Å².